The summed E-state index contributed by atoms with van der Waals surface area (Å²) in [4.78, 5) is 14.4. The standard InChI is InChI=1S/C20H27N3O/c1-16(23(2)15-18-6-4-3-5-7-18)12-13-22-20(24)19-10-8-17(14-21)9-11-19/h3-11,16H,12-15,21H2,1-2H3,(H,22,24). The molecule has 0 spiro atoms. The minimum atomic E-state index is -0.0310. The summed E-state index contributed by atoms with van der Waals surface area (Å²) in [7, 11) is 2.12. The third-order valence-corrected chi connectivity index (χ3v) is 4.33. The Labute approximate surface area is 144 Å². The molecule has 1 unspecified atom stereocenters. The summed E-state index contributed by atoms with van der Waals surface area (Å²) >= 11 is 0. The number of benzene rings is 2. The van der Waals surface area contributed by atoms with Crippen LogP contribution in [-0.4, -0.2) is 30.4 Å². The summed E-state index contributed by atoms with van der Waals surface area (Å²) in [6.07, 6.45) is 0.913. The molecule has 1 amide bonds. The first-order valence-corrected chi connectivity index (χ1v) is 8.41. The van der Waals surface area contributed by atoms with E-state index in [2.05, 4.69) is 48.5 Å². The molecule has 2 aromatic carbocycles. The molecular weight excluding hydrogens is 298 g/mol. The van der Waals surface area contributed by atoms with Crippen LogP contribution >= 0.6 is 0 Å². The topological polar surface area (TPSA) is 58.4 Å². The van der Waals surface area contributed by atoms with Gasteiger partial charge in [-0.2, -0.15) is 0 Å². The molecule has 1 atom stereocenters. The molecule has 0 radical (unpaired) electrons. The van der Waals surface area contributed by atoms with Gasteiger partial charge in [0.1, 0.15) is 0 Å². The molecule has 24 heavy (non-hydrogen) atoms. The largest absolute Gasteiger partial charge is 0.352 e. The Morgan fingerprint density at radius 1 is 1.08 bits per heavy atom. The fraction of sp³-hybridized carbons (Fsp3) is 0.350. The molecule has 0 aliphatic carbocycles. The zero-order valence-electron chi connectivity index (χ0n) is 14.5. The Balaban J connectivity index is 1.74. The van der Waals surface area contributed by atoms with E-state index in [4.69, 9.17) is 5.73 Å². The van der Waals surface area contributed by atoms with Crippen molar-refractivity contribution in [1.29, 1.82) is 0 Å². The van der Waals surface area contributed by atoms with E-state index >= 15 is 0 Å². The number of rotatable bonds is 8. The Morgan fingerprint density at radius 3 is 2.38 bits per heavy atom. The zero-order valence-corrected chi connectivity index (χ0v) is 14.5. The van der Waals surface area contributed by atoms with E-state index < -0.39 is 0 Å². The van der Waals surface area contributed by atoms with Crippen molar-refractivity contribution < 1.29 is 4.79 Å². The molecule has 0 fully saturated rings. The highest BCUT2D eigenvalue weighted by molar-refractivity contribution is 5.94. The molecule has 2 aromatic rings. The summed E-state index contributed by atoms with van der Waals surface area (Å²) in [5.41, 5.74) is 8.58. The maximum Gasteiger partial charge on any atom is 0.251 e. The fourth-order valence-electron chi connectivity index (χ4n) is 2.54. The van der Waals surface area contributed by atoms with Crippen LogP contribution in [0.1, 0.15) is 34.8 Å². The smallest absolute Gasteiger partial charge is 0.251 e. The molecule has 0 aliphatic heterocycles. The van der Waals surface area contributed by atoms with Gasteiger partial charge in [0.15, 0.2) is 0 Å². The van der Waals surface area contributed by atoms with Gasteiger partial charge in [0, 0.05) is 31.2 Å². The lowest BCUT2D eigenvalue weighted by Crippen LogP contribution is -2.33. The normalized spacial score (nSPS) is 12.2. The number of nitrogens with two attached hydrogens (primary N) is 1. The highest BCUT2D eigenvalue weighted by Crippen LogP contribution is 2.08. The number of nitrogens with zero attached hydrogens (tertiary/aromatic N) is 1. The minimum Gasteiger partial charge on any atom is -0.352 e. The van der Waals surface area contributed by atoms with Crippen LogP contribution in [0.4, 0.5) is 0 Å². The maximum absolute atomic E-state index is 12.1. The van der Waals surface area contributed by atoms with Gasteiger partial charge in [-0.05, 0) is 43.7 Å². The molecule has 0 aliphatic rings. The van der Waals surface area contributed by atoms with E-state index in [1.54, 1.807) is 0 Å². The quantitative estimate of drug-likeness (QED) is 0.784. The van der Waals surface area contributed by atoms with E-state index in [1.807, 2.05) is 30.3 Å². The van der Waals surface area contributed by atoms with E-state index in [0.29, 0.717) is 24.7 Å². The third-order valence-electron chi connectivity index (χ3n) is 4.33. The third kappa shape index (κ3) is 5.48. The van der Waals surface area contributed by atoms with Crippen molar-refractivity contribution >= 4 is 5.91 Å². The Bertz CT molecular complexity index is 625. The molecule has 0 saturated carbocycles. The molecule has 0 bridgehead atoms. The van der Waals surface area contributed by atoms with Gasteiger partial charge in [0.05, 0.1) is 0 Å². The van der Waals surface area contributed by atoms with Crippen LogP contribution in [0, 0.1) is 0 Å². The second-order valence-electron chi connectivity index (χ2n) is 6.20. The van der Waals surface area contributed by atoms with Crippen LogP contribution in [0.5, 0.6) is 0 Å². The molecule has 0 aromatic heterocycles. The van der Waals surface area contributed by atoms with Gasteiger partial charge in [-0.25, -0.2) is 0 Å². The van der Waals surface area contributed by atoms with Gasteiger partial charge in [-0.1, -0.05) is 42.5 Å². The predicted molar refractivity (Wildman–Crippen MR) is 98.7 cm³/mol. The molecular formula is C20H27N3O. The van der Waals surface area contributed by atoms with E-state index in [9.17, 15) is 4.79 Å². The molecule has 3 N–H and O–H groups in total. The summed E-state index contributed by atoms with van der Waals surface area (Å²) in [6.45, 7) is 4.26. The lowest BCUT2D eigenvalue weighted by molar-refractivity contribution is 0.0949. The lowest BCUT2D eigenvalue weighted by atomic mass is 10.1. The highest BCUT2D eigenvalue weighted by Gasteiger charge is 2.11. The number of carbonyl (C=O) groups excluding carboxylic acids is 1. The Kier molecular flexibility index (Phi) is 6.97. The van der Waals surface area contributed by atoms with Crippen molar-refractivity contribution in [3.63, 3.8) is 0 Å². The summed E-state index contributed by atoms with van der Waals surface area (Å²) in [5, 5.41) is 2.99. The van der Waals surface area contributed by atoms with Crippen molar-refractivity contribution in [1.82, 2.24) is 10.2 Å². The van der Waals surface area contributed by atoms with Gasteiger partial charge in [-0.15, -0.1) is 0 Å². The fourth-order valence-corrected chi connectivity index (χ4v) is 2.54. The highest BCUT2D eigenvalue weighted by atomic mass is 16.1. The van der Waals surface area contributed by atoms with E-state index in [-0.39, 0.29) is 5.91 Å². The van der Waals surface area contributed by atoms with Crippen molar-refractivity contribution in [2.45, 2.75) is 32.5 Å². The first-order valence-electron chi connectivity index (χ1n) is 8.41. The van der Waals surface area contributed by atoms with Crippen LogP contribution in [0.2, 0.25) is 0 Å². The van der Waals surface area contributed by atoms with Gasteiger partial charge in [0.25, 0.3) is 5.91 Å². The Morgan fingerprint density at radius 2 is 1.75 bits per heavy atom. The molecule has 0 heterocycles. The average molecular weight is 325 g/mol. The molecule has 4 heteroatoms. The van der Waals surface area contributed by atoms with Gasteiger partial charge >= 0.3 is 0 Å². The maximum atomic E-state index is 12.1. The van der Waals surface area contributed by atoms with Crippen LogP contribution in [0.15, 0.2) is 54.6 Å². The Hall–Kier alpha value is -2.17. The van der Waals surface area contributed by atoms with Crippen LogP contribution in [-0.2, 0) is 13.1 Å². The number of amides is 1. The number of hydrogen-bond acceptors (Lipinski definition) is 3. The van der Waals surface area contributed by atoms with E-state index in [0.717, 1.165) is 18.5 Å². The van der Waals surface area contributed by atoms with Crippen molar-refractivity contribution in [3.8, 4) is 0 Å². The van der Waals surface area contributed by atoms with E-state index in [1.165, 1.54) is 5.56 Å². The number of hydrogen-bond donors (Lipinski definition) is 2. The SMILES string of the molecule is CC(CCNC(=O)c1ccc(CN)cc1)N(C)Cc1ccccc1. The lowest BCUT2D eigenvalue weighted by Gasteiger charge is -2.25. The first kappa shape index (κ1) is 18.2. The van der Waals surface area contributed by atoms with Crippen molar-refractivity contribution in [2.24, 2.45) is 5.73 Å². The predicted octanol–water partition coefficient (Wildman–Crippen LogP) is 2.79. The van der Waals surface area contributed by atoms with Crippen molar-refractivity contribution in [2.75, 3.05) is 13.6 Å². The minimum absolute atomic E-state index is 0.0310. The van der Waals surface area contributed by atoms with Gasteiger partial charge < -0.3 is 11.1 Å². The molecule has 2 rings (SSSR count). The van der Waals surface area contributed by atoms with Gasteiger partial charge in [0.2, 0.25) is 0 Å². The van der Waals surface area contributed by atoms with Crippen LogP contribution in [0.3, 0.4) is 0 Å². The second kappa shape index (κ2) is 9.21. The number of carbonyl (C=O) groups is 1. The van der Waals surface area contributed by atoms with Crippen molar-refractivity contribution in [3.05, 3.63) is 71.3 Å². The molecule has 128 valence electrons. The summed E-state index contributed by atoms with van der Waals surface area (Å²) in [6, 6.07) is 18.2. The van der Waals surface area contributed by atoms with Gasteiger partial charge in [-0.3, -0.25) is 9.69 Å². The second-order valence-corrected chi connectivity index (χ2v) is 6.20. The van der Waals surface area contributed by atoms with Crippen LogP contribution < -0.4 is 11.1 Å². The van der Waals surface area contributed by atoms with Crippen LogP contribution in [0.25, 0.3) is 0 Å². The molecule has 4 nitrogen and oxygen atoms in total. The summed E-state index contributed by atoms with van der Waals surface area (Å²) < 4.78 is 0. The first-order chi connectivity index (χ1) is 11.6. The zero-order chi connectivity index (χ0) is 17.4. The number of nitrogens with one attached hydrogen (secondary N) is 1. The monoisotopic (exact) mass is 325 g/mol. The molecule has 0 saturated heterocycles. The summed E-state index contributed by atoms with van der Waals surface area (Å²) in [5.74, 6) is -0.0310. The average Bonchev–Trinajstić information content (AvgIpc) is 2.62.